The number of carboxylic acid groups (broad SMARTS) is 1. The summed E-state index contributed by atoms with van der Waals surface area (Å²) in [6.07, 6.45) is 1.73. The van der Waals surface area contributed by atoms with Gasteiger partial charge in [0, 0.05) is 31.4 Å². The molecular formula is C17H20N4O3. The second kappa shape index (κ2) is 7.37. The summed E-state index contributed by atoms with van der Waals surface area (Å²) in [6, 6.07) is 8.52. The van der Waals surface area contributed by atoms with Crippen LogP contribution >= 0.6 is 0 Å². The molecule has 1 aromatic heterocycles. The lowest BCUT2D eigenvalue weighted by Crippen LogP contribution is -2.49. The standard InChI is InChI=1S/C17H20N4O3/c1-2-21(20-9-11-24-12-10-20)17-18-8-7-15(19-17)13-3-5-14(6-4-13)16(22)23/h3-8H,2,9-12H2,1H3,(H,22,23). The predicted octanol–water partition coefficient (Wildman–Crippen LogP) is 1.92. The van der Waals surface area contributed by atoms with Crippen molar-refractivity contribution >= 4 is 11.9 Å². The highest BCUT2D eigenvalue weighted by atomic mass is 16.5. The zero-order chi connectivity index (χ0) is 16.9. The predicted molar refractivity (Wildman–Crippen MR) is 89.8 cm³/mol. The van der Waals surface area contributed by atoms with Gasteiger partial charge in [-0.2, -0.15) is 0 Å². The van der Waals surface area contributed by atoms with Crippen LogP contribution in [-0.2, 0) is 4.74 Å². The number of morpholine rings is 1. The Morgan fingerprint density at radius 2 is 1.96 bits per heavy atom. The van der Waals surface area contributed by atoms with E-state index >= 15 is 0 Å². The molecule has 7 nitrogen and oxygen atoms in total. The Morgan fingerprint density at radius 3 is 2.58 bits per heavy atom. The van der Waals surface area contributed by atoms with Crippen molar-refractivity contribution in [3.05, 3.63) is 42.1 Å². The average molecular weight is 328 g/mol. The first-order chi connectivity index (χ1) is 11.7. The number of ether oxygens (including phenoxy) is 1. The maximum absolute atomic E-state index is 11.0. The quantitative estimate of drug-likeness (QED) is 0.898. The van der Waals surface area contributed by atoms with E-state index in [1.807, 2.05) is 6.07 Å². The van der Waals surface area contributed by atoms with Gasteiger partial charge in [-0.25, -0.2) is 19.8 Å². The number of nitrogens with zero attached hydrogens (tertiary/aromatic N) is 4. The first-order valence-corrected chi connectivity index (χ1v) is 7.96. The Balaban J connectivity index is 1.86. The van der Waals surface area contributed by atoms with Crippen LogP contribution in [0, 0.1) is 0 Å². The molecular weight excluding hydrogens is 308 g/mol. The van der Waals surface area contributed by atoms with E-state index in [1.54, 1.807) is 30.5 Å². The van der Waals surface area contributed by atoms with Crippen molar-refractivity contribution in [2.75, 3.05) is 37.9 Å². The van der Waals surface area contributed by atoms with Crippen molar-refractivity contribution in [3.8, 4) is 11.3 Å². The first kappa shape index (κ1) is 16.4. The van der Waals surface area contributed by atoms with Gasteiger partial charge >= 0.3 is 5.97 Å². The van der Waals surface area contributed by atoms with Crippen LogP contribution < -0.4 is 5.01 Å². The molecule has 2 aromatic rings. The molecule has 1 saturated heterocycles. The number of hydrogen-bond donors (Lipinski definition) is 1. The third kappa shape index (κ3) is 3.52. The molecule has 3 rings (SSSR count). The number of benzene rings is 1. The number of hydrogen-bond acceptors (Lipinski definition) is 6. The molecule has 1 fully saturated rings. The fraction of sp³-hybridized carbons (Fsp3) is 0.353. The Kier molecular flexibility index (Phi) is 5.02. The molecule has 0 amide bonds. The molecule has 0 saturated carbocycles. The lowest BCUT2D eigenvalue weighted by Gasteiger charge is -2.36. The van der Waals surface area contributed by atoms with Gasteiger partial charge in [-0.15, -0.1) is 0 Å². The molecule has 126 valence electrons. The molecule has 1 aliphatic rings. The molecule has 1 aromatic carbocycles. The molecule has 0 aliphatic carbocycles. The van der Waals surface area contributed by atoms with Crippen molar-refractivity contribution in [3.63, 3.8) is 0 Å². The van der Waals surface area contributed by atoms with Crippen LogP contribution in [0.2, 0.25) is 0 Å². The van der Waals surface area contributed by atoms with E-state index in [0.717, 1.165) is 30.9 Å². The highest BCUT2D eigenvalue weighted by molar-refractivity contribution is 5.88. The molecule has 24 heavy (non-hydrogen) atoms. The lowest BCUT2D eigenvalue weighted by atomic mass is 10.1. The molecule has 1 aliphatic heterocycles. The maximum atomic E-state index is 11.0. The van der Waals surface area contributed by atoms with Crippen LogP contribution in [0.15, 0.2) is 36.5 Å². The molecule has 0 spiro atoms. The van der Waals surface area contributed by atoms with Gasteiger partial charge in [0.1, 0.15) is 0 Å². The topological polar surface area (TPSA) is 78.8 Å². The van der Waals surface area contributed by atoms with E-state index in [0.29, 0.717) is 19.2 Å². The van der Waals surface area contributed by atoms with E-state index in [-0.39, 0.29) is 5.56 Å². The van der Waals surface area contributed by atoms with Crippen molar-refractivity contribution in [2.24, 2.45) is 0 Å². The smallest absolute Gasteiger partial charge is 0.335 e. The number of rotatable bonds is 5. The van der Waals surface area contributed by atoms with Crippen molar-refractivity contribution in [2.45, 2.75) is 6.92 Å². The van der Waals surface area contributed by atoms with E-state index in [9.17, 15) is 4.79 Å². The van der Waals surface area contributed by atoms with Gasteiger partial charge in [0.2, 0.25) is 5.95 Å². The summed E-state index contributed by atoms with van der Waals surface area (Å²) < 4.78 is 5.40. The fourth-order valence-corrected chi connectivity index (χ4v) is 2.68. The summed E-state index contributed by atoms with van der Waals surface area (Å²) in [5.41, 5.74) is 1.89. The fourth-order valence-electron chi connectivity index (χ4n) is 2.68. The molecule has 2 heterocycles. The van der Waals surface area contributed by atoms with Crippen molar-refractivity contribution < 1.29 is 14.6 Å². The maximum Gasteiger partial charge on any atom is 0.335 e. The largest absolute Gasteiger partial charge is 0.478 e. The Morgan fingerprint density at radius 1 is 1.25 bits per heavy atom. The number of hydrazine groups is 1. The minimum Gasteiger partial charge on any atom is -0.478 e. The van der Waals surface area contributed by atoms with Gasteiger partial charge in [-0.1, -0.05) is 12.1 Å². The summed E-state index contributed by atoms with van der Waals surface area (Å²) in [5.74, 6) is -0.298. The van der Waals surface area contributed by atoms with E-state index in [1.165, 1.54) is 0 Å². The van der Waals surface area contributed by atoms with Crippen LogP contribution in [0.3, 0.4) is 0 Å². The highest BCUT2D eigenvalue weighted by Crippen LogP contribution is 2.20. The normalized spacial score (nSPS) is 15.2. The number of carbonyl (C=O) groups is 1. The van der Waals surface area contributed by atoms with E-state index < -0.39 is 5.97 Å². The molecule has 0 bridgehead atoms. The van der Waals surface area contributed by atoms with Crippen LogP contribution in [0.25, 0.3) is 11.3 Å². The highest BCUT2D eigenvalue weighted by Gasteiger charge is 2.20. The monoisotopic (exact) mass is 328 g/mol. The zero-order valence-corrected chi connectivity index (χ0v) is 13.6. The number of carboxylic acids is 1. The third-order valence-electron chi connectivity index (χ3n) is 3.93. The van der Waals surface area contributed by atoms with E-state index in [4.69, 9.17) is 9.84 Å². The molecule has 1 N–H and O–H groups in total. The minimum absolute atomic E-state index is 0.261. The number of aromatic nitrogens is 2. The van der Waals surface area contributed by atoms with Gasteiger partial charge in [0.05, 0.1) is 24.5 Å². The second-order valence-electron chi connectivity index (χ2n) is 5.41. The number of aromatic carboxylic acids is 1. The first-order valence-electron chi connectivity index (χ1n) is 7.96. The van der Waals surface area contributed by atoms with Crippen LogP contribution in [-0.4, -0.2) is 58.9 Å². The van der Waals surface area contributed by atoms with Crippen LogP contribution in [0.1, 0.15) is 17.3 Å². The number of anilines is 1. The second-order valence-corrected chi connectivity index (χ2v) is 5.41. The zero-order valence-electron chi connectivity index (χ0n) is 13.6. The summed E-state index contributed by atoms with van der Waals surface area (Å²) in [7, 11) is 0. The summed E-state index contributed by atoms with van der Waals surface area (Å²) in [5, 5.41) is 13.2. The van der Waals surface area contributed by atoms with Crippen LogP contribution in [0.5, 0.6) is 0 Å². The van der Waals surface area contributed by atoms with Crippen LogP contribution in [0.4, 0.5) is 5.95 Å². The van der Waals surface area contributed by atoms with Crippen molar-refractivity contribution in [1.82, 2.24) is 15.0 Å². The molecule has 0 atom stereocenters. The summed E-state index contributed by atoms with van der Waals surface area (Å²) >= 11 is 0. The van der Waals surface area contributed by atoms with Gasteiger partial charge in [0.15, 0.2) is 0 Å². The van der Waals surface area contributed by atoms with Gasteiger partial charge in [-0.3, -0.25) is 5.01 Å². The average Bonchev–Trinajstić information content (AvgIpc) is 2.64. The molecule has 0 unspecified atom stereocenters. The van der Waals surface area contributed by atoms with Gasteiger partial charge < -0.3 is 9.84 Å². The minimum atomic E-state index is -0.936. The summed E-state index contributed by atoms with van der Waals surface area (Å²) in [4.78, 5) is 20.0. The summed E-state index contributed by atoms with van der Waals surface area (Å²) in [6.45, 7) is 5.86. The Hall–Kier alpha value is -2.51. The third-order valence-corrected chi connectivity index (χ3v) is 3.93. The molecule has 0 radical (unpaired) electrons. The van der Waals surface area contributed by atoms with Crippen molar-refractivity contribution in [1.29, 1.82) is 0 Å². The Bertz CT molecular complexity index is 699. The molecule has 7 heteroatoms. The SMILES string of the molecule is CCN(c1nccc(-c2ccc(C(=O)O)cc2)n1)N1CCOCC1. The Labute approximate surface area is 140 Å². The van der Waals surface area contributed by atoms with E-state index in [2.05, 4.69) is 26.9 Å². The lowest BCUT2D eigenvalue weighted by molar-refractivity contribution is 0.0314. The van der Waals surface area contributed by atoms with Gasteiger partial charge in [0.25, 0.3) is 0 Å². The van der Waals surface area contributed by atoms with Gasteiger partial charge in [-0.05, 0) is 25.1 Å².